The molecule has 0 saturated heterocycles. The number of esters is 1. The second kappa shape index (κ2) is 8.88. The number of aliphatic hydroxyl groups excluding tert-OH is 1. The summed E-state index contributed by atoms with van der Waals surface area (Å²) in [6.07, 6.45) is -3.27. The number of aromatic nitrogens is 2. The Kier molecular flexibility index (Phi) is 6.08. The Bertz CT molecular complexity index is 1350. The molecule has 3 aromatic rings. The van der Waals surface area contributed by atoms with Crippen LogP contribution in [-0.2, 0) is 16.3 Å². The third-order valence-corrected chi connectivity index (χ3v) is 5.80. The first kappa shape index (κ1) is 24.0. The van der Waals surface area contributed by atoms with Crippen LogP contribution in [0.1, 0.15) is 34.0 Å². The fourth-order valence-electron chi connectivity index (χ4n) is 3.87. The SMILES string of the molecule is COC(=O)c1cc(Nc2nccc(-c3cc(C#N)c4c(c3)C(C)(CO)CN4)n2)cc(C(F)(F)F)c1. The third-order valence-electron chi connectivity index (χ3n) is 5.80. The van der Waals surface area contributed by atoms with Crippen LogP contribution in [0.25, 0.3) is 11.3 Å². The molecule has 0 aliphatic carbocycles. The van der Waals surface area contributed by atoms with Gasteiger partial charge in [-0.15, -0.1) is 0 Å². The average molecular weight is 483 g/mol. The Hall–Kier alpha value is -4.17. The monoisotopic (exact) mass is 483 g/mol. The normalized spacial score (nSPS) is 16.7. The van der Waals surface area contributed by atoms with Gasteiger partial charge < -0.3 is 20.5 Å². The number of ether oxygens (including phenoxy) is 1. The maximum absolute atomic E-state index is 13.4. The molecular formula is C24H20F3N5O3. The molecule has 0 radical (unpaired) electrons. The molecule has 8 nitrogen and oxygen atoms in total. The minimum absolute atomic E-state index is 0.0142. The summed E-state index contributed by atoms with van der Waals surface area (Å²) in [6.45, 7) is 2.21. The Morgan fingerprint density at radius 2 is 2.09 bits per heavy atom. The molecule has 1 aliphatic rings. The molecule has 1 aromatic heterocycles. The number of fused-ring (bicyclic) bond motifs is 1. The number of halogens is 3. The lowest BCUT2D eigenvalue weighted by molar-refractivity contribution is -0.137. The van der Waals surface area contributed by atoms with E-state index in [4.69, 9.17) is 0 Å². The topological polar surface area (TPSA) is 120 Å². The predicted octanol–water partition coefficient (Wildman–Crippen LogP) is 4.24. The first-order chi connectivity index (χ1) is 16.6. The highest BCUT2D eigenvalue weighted by molar-refractivity contribution is 5.91. The van der Waals surface area contributed by atoms with Crippen molar-refractivity contribution in [2.45, 2.75) is 18.5 Å². The number of nitriles is 1. The molecule has 0 bridgehead atoms. The van der Waals surface area contributed by atoms with E-state index in [2.05, 4.69) is 31.4 Å². The van der Waals surface area contributed by atoms with Crippen molar-refractivity contribution in [3.05, 3.63) is 64.8 Å². The first-order valence-electron chi connectivity index (χ1n) is 10.4. The van der Waals surface area contributed by atoms with Crippen molar-refractivity contribution in [2.75, 3.05) is 30.9 Å². The number of hydrogen-bond donors (Lipinski definition) is 3. The maximum atomic E-state index is 13.4. The summed E-state index contributed by atoms with van der Waals surface area (Å²) >= 11 is 0. The average Bonchev–Trinajstić information content (AvgIpc) is 3.19. The number of rotatable bonds is 5. The van der Waals surface area contributed by atoms with Crippen LogP contribution in [0.3, 0.4) is 0 Å². The molecule has 11 heteroatoms. The number of alkyl halides is 3. The van der Waals surface area contributed by atoms with E-state index in [0.717, 1.165) is 18.7 Å². The van der Waals surface area contributed by atoms with Gasteiger partial charge in [0, 0.05) is 29.4 Å². The summed E-state index contributed by atoms with van der Waals surface area (Å²) < 4.78 is 44.6. The van der Waals surface area contributed by atoms with E-state index >= 15 is 0 Å². The van der Waals surface area contributed by atoms with Crippen LogP contribution < -0.4 is 10.6 Å². The van der Waals surface area contributed by atoms with Crippen LogP contribution in [-0.4, -0.2) is 41.3 Å². The molecule has 0 spiro atoms. The lowest BCUT2D eigenvalue weighted by atomic mass is 9.83. The summed E-state index contributed by atoms with van der Waals surface area (Å²) in [5.41, 5.74) is 0.823. The van der Waals surface area contributed by atoms with Crippen LogP contribution in [0.5, 0.6) is 0 Å². The van der Waals surface area contributed by atoms with Crippen molar-refractivity contribution < 1.29 is 27.8 Å². The van der Waals surface area contributed by atoms with Crippen LogP contribution in [0.4, 0.5) is 30.5 Å². The second-order valence-corrected chi connectivity index (χ2v) is 8.31. The van der Waals surface area contributed by atoms with Gasteiger partial charge in [0.25, 0.3) is 0 Å². The van der Waals surface area contributed by atoms with Gasteiger partial charge in [0.2, 0.25) is 5.95 Å². The molecular weight excluding hydrogens is 463 g/mol. The minimum Gasteiger partial charge on any atom is -0.465 e. The third kappa shape index (κ3) is 4.61. The Morgan fingerprint density at radius 3 is 2.74 bits per heavy atom. The van der Waals surface area contributed by atoms with E-state index in [-0.39, 0.29) is 23.8 Å². The lowest BCUT2D eigenvalue weighted by Gasteiger charge is -2.21. The summed E-state index contributed by atoms with van der Waals surface area (Å²) in [5.74, 6) is -0.934. The van der Waals surface area contributed by atoms with E-state index in [1.54, 1.807) is 12.1 Å². The van der Waals surface area contributed by atoms with Gasteiger partial charge in [0.1, 0.15) is 6.07 Å². The van der Waals surface area contributed by atoms with Crippen molar-refractivity contribution in [3.8, 4) is 17.3 Å². The number of carbonyl (C=O) groups excluding carboxylic acids is 1. The minimum atomic E-state index is -4.69. The summed E-state index contributed by atoms with van der Waals surface area (Å²) in [4.78, 5) is 20.3. The van der Waals surface area contributed by atoms with Gasteiger partial charge in [-0.1, -0.05) is 6.92 Å². The quantitative estimate of drug-likeness (QED) is 0.461. The molecule has 35 heavy (non-hydrogen) atoms. The van der Waals surface area contributed by atoms with E-state index in [1.165, 1.54) is 12.3 Å². The maximum Gasteiger partial charge on any atom is 0.416 e. The van der Waals surface area contributed by atoms with E-state index in [0.29, 0.717) is 35.1 Å². The highest BCUT2D eigenvalue weighted by atomic mass is 19.4. The molecule has 2 aromatic carbocycles. The highest BCUT2D eigenvalue weighted by Gasteiger charge is 2.36. The van der Waals surface area contributed by atoms with Crippen molar-refractivity contribution in [2.24, 2.45) is 0 Å². The Labute approximate surface area is 198 Å². The molecule has 180 valence electrons. The van der Waals surface area contributed by atoms with Crippen LogP contribution in [0, 0.1) is 11.3 Å². The number of hydrogen-bond acceptors (Lipinski definition) is 8. The zero-order chi connectivity index (χ0) is 25.4. The molecule has 2 heterocycles. The molecule has 0 fully saturated rings. The second-order valence-electron chi connectivity index (χ2n) is 8.31. The number of aliphatic hydroxyl groups is 1. The fourth-order valence-corrected chi connectivity index (χ4v) is 3.87. The molecule has 1 unspecified atom stereocenters. The molecule has 1 atom stereocenters. The van der Waals surface area contributed by atoms with E-state index < -0.39 is 23.1 Å². The highest BCUT2D eigenvalue weighted by Crippen LogP contribution is 2.41. The molecule has 0 amide bonds. The molecule has 1 aliphatic heterocycles. The van der Waals surface area contributed by atoms with Crippen LogP contribution >= 0.6 is 0 Å². The van der Waals surface area contributed by atoms with Crippen molar-refractivity contribution in [1.29, 1.82) is 5.26 Å². The van der Waals surface area contributed by atoms with E-state index in [9.17, 15) is 28.3 Å². The summed E-state index contributed by atoms with van der Waals surface area (Å²) in [6, 6.07) is 9.94. The van der Waals surface area contributed by atoms with Crippen molar-refractivity contribution >= 4 is 23.3 Å². The standard InChI is InChI=1S/C24H20F3N5O3/c1-23(12-33)11-30-20-15(10-28)5-13(8-18(20)23)19-3-4-29-22(32-19)31-17-7-14(21(34)35-2)6-16(9-17)24(25,26)27/h3-9,30,33H,11-12H2,1-2H3,(H,29,31,32). The van der Waals surface area contributed by atoms with Crippen LogP contribution in [0.2, 0.25) is 0 Å². The van der Waals surface area contributed by atoms with Crippen LogP contribution in [0.15, 0.2) is 42.6 Å². The predicted molar refractivity (Wildman–Crippen MR) is 121 cm³/mol. The summed E-state index contributed by atoms with van der Waals surface area (Å²) in [5, 5.41) is 25.4. The Balaban J connectivity index is 1.73. The number of nitrogens with zero attached hydrogens (tertiary/aromatic N) is 3. The van der Waals surface area contributed by atoms with E-state index in [1.807, 2.05) is 13.0 Å². The van der Waals surface area contributed by atoms with Crippen molar-refractivity contribution in [1.82, 2.24) is 9.97 Å². The zero-order valence-corrected chi connectivity index (χ0v) is 18.7. The van der Waals surface area contributed by atoms with Gasteiger partial charge in [0.15, 0.2) is 0 Å². The molecule has 0 saturated carbocycles. The first-order valence-corrected chi connectivity index (χ1v) is 10.4. The Morgan fingerprint density at radius 1 is 1.31 bits per heavy atom. The number of benzene rings is 2. The van der Waals surface area contributed by atoms with Gasteiger partial charge in [0.05, 0.1) is 41.8 Å². The number of methoxy groups -OCH3 is 1. The van der Waals surface area contributed by atoms with Gasteiger partial charge in [-0.25, -0.2) is 14.8 Å². The van der Waals surface area contributed by atoms with Gasteiger partial charge in [-0.3, -0.25) is 0 Å². The van der Waals surface area contributed by atoms with Crippen molar-refractivity contribution in [3.63, 3.8) is 0 Å². The fraction of sp³-hybridized carbons (Fsp3) is 0.250. The van der Waals surface area contributed by atoms with Gasteiger partial charge in [-0.2, -0.15) is 18.4 Å². The smallest absolute Gasteiger partial charge is 0.416 e. The molecule has 3 N–H and O–H groups in total. The number of nitrogens with one attached hydrogen (secondary N) is 2. The number of carbonyl (C=O) groups is 1. The lowest BCUT2D eigenvalue weighted by Crippen LogP contribution is -2.28. The largest absolute Gasteiger partial charge is 0.465 e. The van der Waals surface area contributed by atoms with Gasteiger partial charge >= 0.3 is 12.1 Å². The summed E-state index contributed by atoms with van der Waals surface area (Å²) in [7, 11) is 1.08. The zero-order valence-electron chi connectivity index (χ0n) is 18.7. The molecule has 4 rings (SSSR count). The van der Waals surface area contributed by atoms with Gasteiger partial charge in [-0.05, 0) is 42.0 Å². The number of anilines is 3.